The lowest BCUT2D eigenvalue weighted by Crippen LogP contribution is -1.95. The summed E-state index contributed by atoms with van der Waals surface area (Å²) in [5, 5.41) is 11.9. The second-order valence-corrected chi connectivity index (χ2v) is 3.80. The summed E-state index contributed by atoms with van der Waals surface area (Å²) in [5.74, 6) is 0.712. The first-order chi connectivity index (χ1) is 8.81. The van der Waals surface area contributed by atoms with E-state index in [9.17, 15) is 0 Å². The highest BCUT2D eigenvalue weighted by Gasteiger charge is 1.98. The Morgan fingerprint density at radius 3 is 2.89 bits per heavy atom. The topological polar surface area (TPSA) is 57.9 Å². The molecule has 1 heterocycles. The largest absolute Gasteiger partial charge is 0.380 e. The van der Waals surface area contributed by atoms with E-state index in [4.69, 9.17) is 10.00 Å². The predicted octanol–water partition coefficient (Wildman–Crippen LogP) is 2.84. The van der Waals surface area contributed by atoms with E-state index < -0.39 is 0 Å². The molecule has 1 N–H and O–H groups in total. The maximum absolute atomic E-state index is 8.69. The molecule has 2 aromatic rings. The number of benzene rings is 1. The van der Waals surface area contributed by atoms with Gasteiger partial charge in [0.1, 0.15) is 11.9 Å². The quantitative estimate of drug-likeness (QED) is 0.891. The number of rotatable bonds is 4. The number of methoxy groups -OCH3 is 1. The molecule has 0 aliphatic heterocycles. The summed E-state index contributed by atoms with van der Waals surface area (Å²) in [6, 6.07) is 13.5. The summed E-state index contributed by atoms with van der Waals surface area (Å²) in [4.78, 5) is 4.16. The van der Waals surface area contributed by atoms with E-state index in [2.05, 4.69) is 10.3 Å². The van der Waals surface area contributed by atoms with E-state index in [0.29, 0.717) is 18.0 Å². The lowest BCUT2D eigenvalue weighted by Gasteiger charge is -2.07. The Bertz CT molecular complexity index is 558. The molecule has 2 rings (SSSR count). The van der Waals surface area contributed by atoms with Crippen molar-refractivity contribution in [3.8, 4) is 6.07 Å². The van der Waals surface area contributed by atoms with E-state index in [1.165, 1.54) is 0 Å². The van der Waals surface area contributed by atoms with Gasteiger partial charge in [0.15, 0.2) is 0 Å². The van der Waals surface area contributed by atoms with E-state index >= 15 is 0 Å². The highest BCUT2D eigenvalue weighted by molar-refractivity contribution is 5.57. The van der Waals surface area contributed by atoms with Crippen LogP contribution in [0.25, 0.3) is 0 Å². The summed E-state index contributed by atoms with van der Waals surface area (Å²) in [5.41, 5.74) is 2.59. The van der Waals surface area contributed by atoms with Gasteiger partial charge in [-0.25, -0.2) is 4.98 Å². The standard InChI is InChI=1S/C14H13N3O/c1-18-10-11-3-2-4-13(7-11)17-14-6-5-12(8-15)9-16-14/h2-7,9H,10H2,1H3,(H,16,17). The van der Waals surface area contributed by atoms with Crippen molar-refractivity contribution in [3.05, 3.63) is 53.7 Å². The Kier molecular flexibility index (Phi) is 3.90. The van der Waals surface area contributed by atoms with Crippen molar-refractivity contribution in [2.24, 2.45) is 0 Å². The first kappa shape index (κ1) is 12.1. The molecule has 0 saturated carbocycles. The molecule has 0 spiro atoms. The summed E-state index contributed by atoms with van der Waals surface area (Å²) in [7, 11) is 1.67. The Hall–Kier alpha value is -2.38. The second kappa shape index (κ2) is 5.80. The molecule has 0 aliphatic carbocycles. The maximum atomic E-state index is 8.69. The van der Waals surface area contributed by atoms with Crippen LogP contribution in [0, 0.1) is 11.3 Å². The molecule has 0 unspecified atom stereocenters. The zero-order valence-electron chi connectivity index (χ0n) is 10.1. The molecule has 0 saturated heterocycles. The van der Waals surface area contributed by atoms with Gasteiger partial charge in [-0.1, -0.05) is 12.1 Å². The minimum absolute atomic E-state index is 0.550. The Morgan fingerprint density at radius 1 is 1.33 bits per heavy atom. The molecular formula is C14H13N3O. The van der Waals surface area contributed by atoms with Gasteiger partial charge in [0, 0.05) is 19.0 Å². The molecule has 0 bridgehead atoms. The Balaban J connectivity index is 2.12. The van der Waals surface area contributed by atoms with Gasteiger partial charge < -0.3 is 10.1 Å². The average Bonchev–Trinajstić information content (AvgIpc) is 2.40. The van der Waals surface area contributed by atoms with Crippen molar-refractivity contribution in [2.75, 3.05) is 12.4 Å². The number of nitrogens with one attached hydrogen (secondary N) is 1. The number of ether oxygens (including phenoxy) is 1. The summed E-state index contributed by atoms with van der Waals surface area (Å²) >= 11 is 0. The molecule has 4 nitrogen and oxygen atoms in total. The van der Waals surface area contributed by atoms with Gasteiger partial charge >= 0.3 is 0 Å². The molecule has 4 heteroatoms. The van der Waals surface area contributed by atoms with Gasteiger partial charge in [-0.15, -0.1) is 0 Å². The van der Waals surface area contributed by atoms with Crippen molar-refractivity contribution in [1.82, 2.24) is 4.98 Å². The monoisotopic (exact) mass is 239 g/mol. The van der Waals surface area contributed by atoms with E-state index in [-0.39, 0.29) is 0 Å². The van der Waals surface area contributed by atoms with E-state index in [1.807, 2.05) is 30.3 Å². The third kappa shape index (κ3) is 3.06. The first-order valence-electron chi connectivity index (χ1n) is 5.53. The van der Waals surface area contributed by atoms with Crippen LogP contribution < -0.4 is 5.32 Å². The zero-order chi connectivity index (χ0) is 12.8. The molecule has 0 aliphatic rings. The fourth-order valence-corrected chi connectivity index (χ4v) is 1.59. The summed E-state index contributed by atoms with van der Waals surface area (Å²) < 4.78 is 5.08. The SMILES string of the molecule is COCc1cccc(Nc2ccc(C#N)cn2)c1. The Labute approximate surface area is 106 Å². The third-order valence-electron chi connectivity index (χ3n) is 2.40. The van der Waals surface area contributed by atoms with Crippen LogP contribution in [0.4, 0.5) is 11.5 Å². The van der Waals surface area contributed by atoms with Gasteiger partial charge in [0.25, 0.3) is 0 Å². The molecule has 18 heavy (non-hydrogen) atoms. The highest BCUT2D eigenvalue weighted by atomic mass is 16.5. The lowest BCUT2D eigenvalue weighted by molar-refractivity contribution is 0.185. The van der Waals surface area contributed by atoms with Crippen molar-refractivity contribution in [3.63, 3.8) is 0 Å². The fourth-order valence-electron chi connectivity index (χ4n) is 1.59. The van der Waals surface area contributed by atoms with E-state index in [0.717, 1.165) is 11.3 Å². The number of hydrogen-bond donors (Lipinski definition) is 1. The number of hydrogen-bond acceptors (Lipinski definition) is 4. The third-order valence-corrected chi connectivity index (χ3v) is 2.40. The van der Waals surface area contributed by atoms with E-state index in [1.54, 1.807) is 25.4 Å². The molecule has 0 atom stereocenters. The Morgan fingerprint density at radius 2 is 2.22 bits per heavy atom. The van der Waals surface area contributed by atoms with Gasteiger partial charge in [0.2, 0.25) is 0 Å². The van der Waals surface area contributed by atoms with Crippen LogP contribution in [-0.2, 0) is 11.3 Å². The smallest absolute Gasteiger partial charge is 0.130 e. The van der Waals surface area contributed by atoms with Crippen LogP contribution in [0.5, 0.6) is 0 Å². The minimum Gasteiger partial charge on any atom is -0.380 e. The molecular weight excluding hydrogens is 226 g/mol. The molecule has 1 aromatic carbocycles. The number of nitrogens with zero attached hydrogens (tertiary/aromatic N) is 2. The predicted molar refractivity (Wildman–Crippen MR) is 69.4 cm³/mol. The van der Waals surface area contributed by atoms with Crippen LogP contribution in [0.2, 0.25) is 0 Å². The van der Waals surface area contributed by atoms with Crippen molar-refractivity contribution >= 4 is 11.5 Å². The molecule has 1 aromatic heterocycles. The number of pyridine rings is 1. The molecule has 0 amide bonds. The average molecular weight is 239 g/mol. The van der Waals surface area contributed by atoms with Crippen LogP contribution in [-0.4, -0.2) is 12.1 Å². The minimum atomic E-state index is 0.550. The number of anilines is 2. The molecule has 0 radical (unpaired) electrons. The number of nitriles is 1. The van der Waals surface area contributed by atoms with Gasteiger partial charge in [-0.05, 0) is 29.8 Å². The van der Waals surface area contributed by atoms with Gasteiger partial charge in [-0.3, -0.25) is 0 Å². The van der Waals surface area contributed by atoms with Crippen molar-refractivity contribution < 1.29 is 4.74 Å². The lowest BCUT2D eigenvalue weighted by atomic mass is 10.2. The summed E-state index contributed by atoms with van der Waals surface area (Å²) in [6.07, 6.45) is 1.54. The number of aromatic nitrogens is 1. The van der Waals surface area contributed by atoms with Gasteiger partial charge in [-0.2, -0.15) is 5.26 Å². The maximum Gasteiger partial charge on any atom is 0.130 e. The second-order valence-electron chi connectivity index (χ2n) is 3.80. The van der Waals surface area contributed by atoms with Crippen LogP contribution in [0.1, 0.15) is 11.1 Å². The zero-order valence-corrected chi connectivity index (χ0v) is 10.1. The van der Waals surface area contributed by atoms with Crippen LogP contribution in [0.15, 0.2) is 42.6 Å². The van der Waals surface area contributed by atoms with Crippen molar-refractivity contribution in [1.29, 1.82) is 5.26 Å². The summed E-state index contributed by atoms with van der Waals surface area (Å²) in [6.45, 7) is 0.580. The fraction of sp³-hybridized carbons (Fsp3) is 0.143. The molecule has 0 fully saturated rings. The highest BCUT2D eigenvalue weighted by Crippen LogP contribution is 2.16. The van der Waals surface area contributed by atoms with Gasteiger partial charge in [0.05, 0.1) is 12.2 Å². The van der Waals surface area contributed by atoms with Crippen LogP contribution in [0.3, 0.4) is 0 Å². The van der Waals surface area contributed by atoms with Crippen LogP contribution >= 0.6 is 0 Å². The van der Waals surface area contributed by atoms with Crippen molar-refractivity contribution in [2.45, 2.75) is 6.61 Å². The first-order valence-corrected chi connectivity index (χ1v) is 5.53. The normalized spacial score (nSPS) is 9.78. The molecule has 90 valence electrons.